The van der Waals surface area contributed by atoms with Crippen molar-refractivity contribution >= 4 is 17.6 Å². The Hall–Kier alpha value is -3.69. The van der Waals surface area contributed by atoms with Gasteiger partial charge in [-0.05, 0) is 38.0 Å². The molecule has 10 heteroatoms. The monoisotopic (exact) mass is 448 g/mol. The summed E-state index contributed by atoms with van der Waals surface area (Å²) in [5, 5.41) is 14.5. The Morgan fingerprint density at radius 1 is 1.09 bits per heavy atom. The van der Waals surface area contributed by atoms with Crippen molar-refractivity contribution in [2.75, 3.05) is 5.32 Å². The molecule has 1 aromatic carbocycles. The van der Waals surface area contributed by atoms with Crippen molar-refractivity contribution < 1.29 is 27.9 Å². The third-order valence-corrected chi connectivity index (χ3v) is 4.29. The number of carbonyl (C=O) groups is 2. The first-order valence-electron chi connectivity index (χ1n) is 9.66. The molecule has 32 heavy (non-hydrogen) atoms. The molecule has 0 saturated heterocycles. The highest BCUT2D eigenvalue weighted by Crippen LogP contribution is 2.16. The molecule has 0 unspecified atom stereocenters. The smallest absolute Gasteiger partial charge is 0.475 e. The van der Waals surface area contributed by atoms with Crippen LogP contribution in [0.5, 0.6) is 0 Å². The number of hydrogen-bond acceptors (Lipinski definition) is 4. The number of alkyl halides is 3. The number of anilines is 1. The number of carboxylic acids is 1. The predicted octanol–water partition coefficient (Wildman–Crippen LogP) is 4.39. The third kappa shape index (κ3) is 6.93. The van der Waals surface area contributed by atoms with Gasteiger partial charge in [-0.15, -0.1) is 0 Å². The third-order valence-electron chi connectivity index (χ3n) is 4.29. The first-order chi connectivity index (χ1) is 15.0. The lowest BCUT2D eigenvalue weighted by atomic mass is 10.1. The molecule has 3 rings (SSSR count). The molecule has 0 aliphatic carbocycles. The van der Waals surface area contributed by atoms with E-state index in [9.17, 15) is 18.0 Å². The number of halogens is 3. The summed E-state index contributed by atoms with van der Waals surface area (Å²) in [6, 6.07) is 13.9. The van der Waals surface area contributed by atoms with Gasteiger partial charge < -0.3 is 10.4 Å². The molecule has 0 fully saturated rings. The molecule has 0 saturated carbocycles. The molecular formula is C22H23F3N4O3. The van der Waals surface area contributed by atoms with E-state index in [1.54, 1.807) is 6.20 Å². The van der Waals surface area contributed by atoms with Crippen LogP contribution in [-0.4, -0.2) is 37.9 Å². The first-order valence-corrected chi connectivity index (χ1v) is 9.66. The highest BCUT2D eigenvalue weighted by molar-refractivity contribution is 6.05. The van der Waals surface area contributed by atoms with Crippen molar-refractivity contribution in [2.45, 2.75) is 39.9 Å². The van der Waals surface area contributed by atoms with E-state index in [1.165, 1.54) is 0 Å². The van der Waals surface area contributed by atoms with Crippen molar-refractivity contribution in [1.82, 2.24) is 14.8 Å². The number of pyridine rings is 1. The molecule has 2 N–H and O–H groups in total. The van der Waals surface area contributed by atoms with Gasteiger partial charge >= 0.3 is 12.1 Å². The van der Waals surface area contributed by atoms with Gasteiger partial charge in [0.05, 0.1) is 24.0 Å². The Balaban J connectivity index is 0.000000451. The molecule has 7 nitrogen and oxygen atoms in total. The van der Waals surface area contributed by atoms with Gasteiger partial charge in [-0.3, -0.25) is 14.5 Å². The SMILES string of the molecule is CCc1c(C(=O)Nc2cc(C)nc(C)c2)cnn1Cc1ccccc1.O=C(O)C(F)(F)F. The number of nitrogens with zero attached hydrogens (tertiary/aromatic N) is 3. The maximum Gasteiger partial charge on any atom is 0.490 e. The Bertz CT molecular complexity index is 1060. The zero-order valence-electron chi connectivity index (χ0n) is 17.8. The lowest BCUT2D eigenvalue weighted by Gasteiger charge is -2.09. The fraction of sp³-hybridized carbons (Fsp3) is 0.273. The molecule has 0 radical (unpaired) electrons. The number of aliphatic carboxylic acids is 1. The second-order valence-corrected chi connectivity index (χ2v) is 6.90. The van der Waals surface area contributed by atoms with Crippen LogP contribution in [0.2, 0.25) is 0 Å². The van der Waals surface area contributed by atoms with Gasteiger partial charge in [-0.25, -0.2) is 4.79 Å². The summed E-state index contributed by atoms with van der Waals surface area (Å²) in [5.74, 6) is -2.89. The van der Waals surface area contributed by atoms with Gasteiger partial charge in [-0.1, -0.05) is 37.3 Å². The van der Waals surface area contributed by atoms with Crippen LogP contribution in [0.15, 0.2) is 48.7 Å². The number of amides is 1. The quantitative estimate of drug-likeness (QED) is 0.603. The summed E-state index contributed by atoms with van der Waals surface area (Å²) >= 11 is 0. The van der Waals surface area contributed by atoms with Crippen LogP contribution in [-0.2, 0) is 17.8 Å². The van der Waals surface area contributed by atoms with Crippen LogP contribution in [0, 0.1) is 13.8 Å². The minimum Gasteiger partial charge on any atom is -0.475 e. The fourth-order valence-electron chi connectivity index (χ4n) is 2.97. The van der Waals surface area contributed by atoms with Gasteiger partial charge in [0.15, 0.2) is 0 Å². The summed E-state index contributed by atoms with van der Waals surface area (Å²) in [5.41, 5.74) is 5.23. The molecule has 0 aliphatic heterocycles. The minimum atomic E-state index is -5.08. The number of hydrogen-bond donors (Lipinski definition) is 2. The van der Waals surface area contributed by atoms with E-state index in [2.05, 4.69) is 27.5 Å². The highest BCUT2D eigenvalue weighted by atomic mass is 19.4. The second-order valence-electron chi connectivity index (χ2n) is 6.90. The lowest BCUT2D eigenvalue weighted by molar-refractivity contribution is -0.192. The number of aryl methyl sites for hydroxylation is 2. The second kappa shape index (κ2) is 10.6. The van der Waals surface area contributed by atoms with Gasteiger partial charge in [0, 0.05) is 17.1 Å². The van der Waals surface area contributed by atoms with Crippen LogP contribution in [0.4, 0.5) is 18.9 Å². The number of carbonyl (C=O) groups excluding carboxylic acids is 1. The van der Waals surface area contributed by atoms with E-state index < -0.39 is 12.1 Å². The van der Waals surface area contributed by atoms with E-state index in [-0.39, 0.29) is 5.91 Å². The average Bonchev–Trinajstić information content (AvgIpc) is 3.10. The standard InChI is InChI=1S/C20H22N4O.C2HF3O2/c1-4-19-18(12-21-24(19)13-16-8-6-5-7-9-16)20(25)23-17-10-14(2)22-15(3)11-17;3-2(4,5)1(6)7/h5-12H,4,13H2,1-3H3,(H,22,23,25);(H,6,7). The predicted molar refractivity (Wildman–Crippen MR) is 113 cm³/mol. The zero-order chi connectivity index (χ0) is 23.9. The van der Waals surface area contributed by atoms with Crippen LogP contribution >= 0.6 is 0 Å². The largest absolute Gasteiger partial charge is 0.490 e. The molecule has 2 heterocycles. The molecule has 3 aromatic rings. The number of carboxylic acid groups (broad SMARTS) is 1. The molecular weight excluding hydrogens is 425 g/mol. The van der Waals surface area contributed by atoms with E-state index in [4.69, 9.17) is 9.90 Å². The first kappa shape index (κ1) is 24.6. The van der Waals surface area contributed by atoms with Crippen molar-refractivity contribution in [1.29, 1.82) is 0 Å². The Labute approximate surface area is 182 Å². The van der Waals surface area contributed by atoms with Crippen LogP contribution < -0.4 is 5.32 Å². The summed E-state index contributed by atoms with van der Waals surface area (Å²) < 4.78 is 33.6. The van der Waals surface area contributed by atoms with Crippen LogP contribution in [0.25, 0.3) is 0 Å². The fourth-order valence-corrected chi connectivity index (χ4v) is 2.97. The summed E-state index contributed by atoms with van der Waals surface area (Å²) in [6.07, 6.45) is -2.69. The van der Waals surface area contributed by atoms with Gasteiger partial charge in [0.1, 0.15) is 0 Å². The minimum absolute atomic E-state index is 0.138. The van der Waals surface area contributed by atoms with Crippen LogP contribution in [0.1, 0.15) is 39.9 Å². The van der Waals surface area contributed by atoms with Gasteiger partial charge in [0.2, 0.25) is 0 Å². The van der Waals surface area contributed by atoms with E-state index in [0.29, 0.717) is 12.1 Å². The topological polar surface area (TPSA) is 97.1 Å². The number of rotatable bonds is 5. The molecule has 0 atom stereocenters. The maximum atomic E-state index is 12.7. The van der Waals surface area contributed by atoms with Crippen LogP contribution in [0.3, 0.4) is 0 Å². The van der Waals surface area contributed by atoms with Crippen molar-refractivity contribution in [3.63, 3.8) is 0 Å². The Morgan fingerprint density at radius 2 is 1.66 bits per heavy atom. The summed E-state index contributed by atoms with van der Waals surface area (Å²) in [6.45, 7) is 6.52. The van der Waals surface area contributed by atoms with Crippen molar-refractivity contribution in [3.8, 4) is 0 Å². The van der Waals surface area contributed by atoms with Gasteiger partial charge in [0.25, 0.3) is 5.91 Å². The maximum absolute atomic E-state index is 12.7. The Morgan fingerprint density at radius 3 is 2.16 bits per heavy atom. The molecule has 0 aliphatic rings. The molecule has 1 amide bonds. The van der Waals surface area contributed by atoms with E-state index in [1.807, 2.05) is 55.8 Å². The molecule has 0 spiro atoms. The normalized spacial score (nSPS) is 10.8. The molecule has 0 bridgehead atoms. The number of benzene rings is 1. The highest BCUT2D eigenvalue weighted by Gasteiger charge is 2.38. The Kier molecular flexibility index (Phi) is 8.11. The van der Waals surface area contributed by atoms with E-state index in [0.717, 1.165) is 34.8 Å². The number of nitrogens with one attached hydrogen (secondary N) is 1. The summed E-state index contributed by atoms with van der Waals surface area (Å²) in [7, 11) is 0. The number of aromatic nitrogens is 3. The van der Waals surface area contributed by atoms with E-state index >= 15 is 0 Å². The molecule has 170 valence electrons. The van der Waals surface area contributed by atoms with Gasteiger partial charge in [-0.2, -0.15) is 18.3 Å². The zero-order valence-corrected chi connectivity index (χ0v) is 17.8. The van der Waals surface area contributed by atoms with Crippen molar-refractivity contribution in [2.24, 2.45) is 0 Å². The average molecular weight is 448 g/mol. The lowest BCUT2D eigenvalue weighted by Crippen LogP contribution is -2.21. The molecule has 2 aromatic heterocycles. The summed E-state index contributed by atoms with van der Waals surface area (Å²) in [4.78, 5) is 25.9. The van der Waals surface area contributed by atoms with Crippen molar-refractivity contribution in [3.05, 3.63) is 76.9 Å².